The molecule has 0 aliphatic rings. The standard InChI is InChI=1S/C19H23ClO2/c1-3-4-5-9-12-17(20)14-18(21)19(22)15(2)13-16-10-7-6-8-11-16/h6-8,10-11,13-14H,3-5,9,12H2,1-2H3. The minimum atomic E-state index is -0.551. The van der Waals surface area contributed by atoms with Crippen LogP contribution in [0.25, 0.3) is 6.08 Å². The molecule has 1 aromatic rings. The molecule has 0 spiro atoms. The topological polar surface area (TPSA) is 34.1 Å². The second kappa shape index (κ2) is 10.1. The Hall–Kier alpha value is -1.67. The second-order valence-electron chi connectivity index (χ2n) is 5.33. The molecule has 0 radical (unpaired) electrons. The fourth-order valence-corrected chi connectivity index (χ4v) is 2.29. The number of Topliss-reactive ketones (excluding diaryl/α,β-unsaturated/α-hetero) is 1. The molecular formula is C19H23ClO2. The van der Waals surface area contributed by atoms with Gasteiger partial charge in [0.15, 0.2) is 0 Å². The summed E-state index contributed by atoms with van der Waals surface area (Å²) in [5.74, 6) is -1.05. The number of halogens is 1. The zero-order valence-corrected chi connectivity index (χ0v) is 14.0. The molecule has 0 saturated carbocycles. The molecule has 0 amide bonds. The predicted octanol–water partition coefficient (Wildman–Crippen LogP) is 5.32. The predicted molar refractivity (Wildman–Crippen MR) is 92.8 cm³/mol. The molecule has 3 heteroatoms. The van der Waals surface area contributed by atoms with Crippen LogP contribution in [0.4, 0.5) is 0 Å². The van der Waals surface area contributed by atoms with E-state index in [1.54, 1.807) is 13.0 Å². The summed E-state index contributed by atoms with van der Waals surface area (Å²) in [4.78, 5) is 24.0. The van der Waals surface area contributed by atoms with Crippen LogP contribution in [0.15, 0.2) is 47.0 Å². The van der Waals surface area contributed by atoms with E-state index in [1.807, 2.05) is 30.3 Å². The van der Waals surface area contributed by atoms with E-state index < -0.39 is 11.6 Å². The first-order valence-corrected chi connectivity index (χ1v) is 8.10. The first-order valence-electron chi connectivity index (χ1n) is 7.72. The average molecular weight is 319 g/mol. The van der Waals surface area contributed by atoms with Crippen molar-refractivity contribution in [2.45, 2.75) is 46.0 Å². The number of ketones is 2. The first-order chi connectivity index (χ1) is 10.5. The lowest BCUT2D eigenvalue weighted by atomic mass is 10.0. The van der Waals surface area contributed by atoms with Gasteiger partial charge in [-0.05, 0) is 31.4 Å². The van der Waals surface area contributed by atoms with Gasteiger partial charge in [-0.2, -0.15) is 0 Å². The summed E-state index contributed by atoms with van der Waals surface area (Å²) in [6, 6.07) is 9.45. The first kappa shape index (κ1) is 18.4. The van der Waals surface area contributed by atoms with Crippen LogP contribution in [-0.4, -0.2) is 11.6 Å². The Morgan fingerprint density at radius 3 is 2.41 bits per heavy atom. The zero-order chi connectivity index (χ0) is 16.4. The van der Waals surface area contributed by atoms with Gasteiger partial charge in [-0.1, -0.05) is 68.1 Å². The highest BCUT2D eigenvalue weighted by Gasteiger charge is 2.14. The third-order valence-electron chi connectivity index (χ3n) is 3.32. The number of benzene rings is 1. The van der Waals surface area contributed by atoms with Gasteiger partial charge in [-0.3, -0.25) is 9.59 Å². The molecule has 118 valence electrons. The van der Waals surface area contributed by atoms with Gasteiger partial charge in [0.2, 0.25) is 11.6 Å². The molecule has 2 nitrogen and oxygen atoms in total. The highest BCUT2D eigenvalue weighted by atomic mass is 35.5. The minimum absolute atomic E-state index is 0.419. The highest BCUT2D eigenvalue weighted by molar-refractivity contribution is 6.49. The van der Waals surface area contributed by atoms with Crippen LogP contribution >= 0.6 is 11.6 Å². The number of allylic oxidation sites excluding steroid dienone is 3. The monoisotopic (exact) mass is 318 g/mol. The Bertz CT molecular complexity index is 556. The molecule has 0 aromatic heterocycles. The van der Waals surface area contributed by atoms with E-state index in [0.717, 1.165) is 31.2 Å². The van der Waals surface area contributed by atoms with Gasteiger partial charge < -0.3 is 0 Å². The molecule has 0 unspecified atom stereocenters. The van der Waals surface area contributed by atoms with Crippen molar-refractivity contribution in [1.29, 1.82) is 0 Å². The molecule has 0 aliphatic heterocycles. The van der Waals surface area contributed by atoms with Crippen LogP contribution in [0.3, 0.4) is 0 Å². The van der Waals surface area contributed by atoms with Crippen LogP contribution in [0, 0.1) is 0 Å². The summed E-state index contributed by atoms with van der Waals surface area (Å²) in [7, 11) is 0. The van der Waals surface area contributed by atoms with Gasteiger partial charge in [0.1, 0.15) is 0 Å². The van der Waals surface area contributed by atoms with Crippen LogP contribution < -0.4 is 0 Å². The Balaban J connectivity index is 2.60. The quantitative estimate of drug-likeness (QED) is 0.351. The molecule has 0 N–H and O–H groups in total. The van der Waals surface area contributed by atoms with Crippen molar-refractivity contribution in [1.82, 2.24) is 0 Å². The lowest BCUT2D eigenvalue weighted by Crippen LogP contribution is -2.12. The van der Waals surface area contributed by atoms with Gasteiger partial charge in [-0.15, -0.1) is 0 Å². The van der Waals surface area contributed by atoms with E-state index in [4.69, 9.17) is 11.6 Å². The summed E-state index contributed by atoms with van der Waals surface area (Å²) in [5.41, 5.74) is 1.32. The number of hydrogen-bond acceptors (Lipinski definition) is 2. The number of unbranched alkanes of at least 4 members (excludes halogenated alkanes) is 3. The number of carbonyl (C=O) groups excluding carboxylic acids is 2. The molecule has 0 atom stereocenters. The maximum Gasteiger partial charge on any atom is 0.228 e. The van der Waals surface area contributed by atoms with Gasteiger partial charge >= 0.3 is 0 Å². The van der Waals surface area contributed by atoms with Crippen LogP contribution in [0.5, 0.6) is 0 Å². The van der Waals surface area contributed by atoms with Gasteiger partial charge in [0.05, 0.1) is 0 Å². The van der Waals surface area contributed by atoms with E-state index in [-0.39, 0.29) is 0 Å². The van der Waals surface area contributed by atoms with E-state index >= 15 is 0 Å². The van der Waals surface area contributed by atoms with E-state index in [9.17, 15) is 9.59 Å². The molecule has 0 saturated heterocycles. The molecular weight excluding hydrogens is 296 g/mol. The maximum absolute atomic E-state index is 12.0. The maximum atomic E-state index is 12.0. The summed E-state index contributed by atoms with van der Waals surface area (Å²) in [5, 5.41) is 0.460. The summed E-state index contributed by atoms with van der Waals surface area (Å²) >= 11 is 6.03. The van der Waals surface area contributed by atoms with Crippen molar-refractivity contribution in [2.24, 2.45) is 0 Å². The Morgan fingerprint density at radius 1 is 1.09 bits per heavy atom. The van der Waals surface area contributed by atoms with Crippen LogP contribution in [0.1, 0.15) is 51.5 Å². The third kappa shape index (κ3) is 6.86. The Kier molecular flexibility index (Phi) is 8.46. The minimum Gasteiger partial charge on any atom is -0.286 e. The molecule has 0 fully saturated rings. The zero-order valence-electron chi connectivity index (χ0n) is 13.3. The molecule has 1 rings (SSSR count). The molecule has 1 aromatic carbocycles. The lowest BCUT2D eigenvalue weighted by molar-refractivity contribution is -0.131. The Morgan fingerprint density at radius 2 is 1.77 bits per heavy atom. The van der Waals surface area contributed by atoms with Gasteiger partial charge in [0, 0.05) is 16.7 Å². The van der Waals surface area contributed by atoms with E-state index in [0.29, 0.717) is 17.0 Å². The Labute approximate surface area is 137 Å². The summed E-state index contributed by atoms with van der Waals surface area (Å²) < 4.78 is 0. The van der Waals surface area contributed by atoms with E-state index in [1.165, 1.54) is 6.08 Å². The normalized spacial score (nSPS) is 12.3. The number of rotatable bonds is 9. The van der Waals surface area contributed by atoms with Crippen molar-refractivity contribution in [2.75, 3.05) is 0 Å². The summed E-state index contributed by atoms with van der Waals surface area (Å²) in [6.07, 6.45) is 7.99. The third-order valence-corrected chi connectivity index (χ3v) is 3.62. The number of hydrogen-bond donors (Lipinski definition) is 0. The van der Waals surface area contributed by atoms with Crippen molar-refractivity contribution >= 4 is 29.2 Å². The van der Waals surface area contributed by atoms with Crippen molar-refractivity contribution in [3.63, 3.8) is 0 Å². The average Bonchev–Trinajstić information content (AvgIpc) is 2.51. The van der Waals surface area contributed by atoms with Crippen molar-refractivity contribution in [3.05, 3.63) is 52.6 Å². The number of carbonyl (C=O) groups is 2. The van der Waals surface area contributed by atoms with Gasteiger partial charge in [0.25, 0.3) is 0 Å². The molecule has 0 heterocycles. The molecule has 0 aliphatic carbocycles. The molecule has 0 bridgehead atoms. The largest absolute Gasteiger partial charge is 0.286 e. The summed E-state index contributed by atoms with van der Waals surface area (Å²) in [6.45, 7) is 3.79. The second-order valence-corrected chi connectivity index (χ2v) is 5.82. The fourth-order valence-electron chi connectivity index (χ4n) is 2.06. The van der Waals surface area contributed by atoms with Crippen LogP contribution in [0.2, 0.25) is 0 Å². The lowest BCUT2D eigenvalue weighted by Gasteiger charge is -2.00. The van der Waals surface area contributed by atoms with E-state index in [2.05, 4.69) is 6.92 Å². The smallest absolute Gasteiger partial charge is 0.228 e. The van der Waals surface area contributed by atoms with Crippen molar-refractivity contribution < 1.29 is 9.59 Å². The fraction of sp³-hybridized carbons (Fsp3) is 0.368. The highest BCUT2D eigenvalue weighted by Crippen LogP contribution is 2.15. The molecule has 22 heavy (non-hydrogen) atoms. The van der Waals surface area contributed by atoms with Gasteiger partial charge in [-0.25, -0.2) is 0 Å². The SMILES string of the molecule is CCCCCCC(Cl)=CC(=O)C(=O)C(C)=Cc1ccccc1. The van der Waals surface area contributed by atoms with Crippen molar-refractivity contribution in [3.8, 4) is 0 Å². The van der Waals surface area contributed by atoms with Crippen LogP contribution in [-0.2, 0) is 9.59 Å².